The van der Waals surface area contributed by atoms with Crippen molar-refractivity contribution in [2.75, 3.05) is 13.2 Å². The van der Waals surface area contributed by atoms with E-state index in [0.29, 0.717) is 32.1 Å². The lowest BCUT2D eigenvalue weighted by Gasteiger charge is -2.43. The van der Waals surface area contributed by atoms with Crippen LogP contribution in [0.4, 0.5) is 0 Å². The van der Waals surface area contributed by atoms with Crippen LogP contribution >= 0.6 is 15.6 Å². The third kappa shape index (κ3) is 31.2. The summed E-state index contributed by atoms with van der Waals surface area (Å²) in [6.07, 6.45) is 27.1. The highest BCUT2D eigenvalue weighted by atomic mass is 31.2. The molecule has 1 rings (SSSR count). The summed E-state index contributed by atoms with van der Waals surface area (Å²) in [5, 5.41) is 51.3. The van der Waals surface area contributed by atoms with Crippen LogP contribution in [-0.4, -0.2) is 114 Å². The first kappa shape index (κ1) is 61.2. The van der Waals surface area contributed by atoms with E-state index in [2.05, 4.69) is 60.9 Å². The zero-order chi connectivity index (χ0) is 49.1. The summed E-state index contributed by atoms with van der Waals surface area (Å²) in [6, 6.07) is 0. The van der Waals surface area contributed by atoms with Crippen molar-refractivity contribution < 1.29 is 82.0 Å². The fraction of sp³-hybridized carbons (Fsp3) is 0.660. The second-order valence-corrected chi connectivity index (χ2v) is 18.5. The quantitative estimate of drug-likeness (QED) is 0.00979. The molecule has 0 aromatic rings. The van der Waals surface area contributed by atoms with E-state index >= 15 is 0 Å². The number of phosphoric acid groups is 2. The Hall–Kier alpha value is -2.86. The van der Waals surface area contributed by atoms with Gasteiger partial charge in [0.1, 0.15) is 43.2 Å². The Morgan fingerprint density at radius 2 is 1.12 bits per heavy atom. The number of rotatable bonds is 37. The van der Waals surface area contributed by atoms with Gasteiger partial charge in [-0.3, -0.25) is 23.2 Å². The Morgan fingerprint density at radius 3 is 1.77 bits per heavy atom. The molecule has 19 heteroatoms. The van der Waals surface area contributed by atoms with Crippen molar-refractivity contribution in [2.24, 2.45) is 0 Å². The van der Waals surface area contributed by atoms with Gasteiger partial charge in [0.05, 0.1) is 12.7 Å². The normalized spacial score (nSPS) is 22.8. The molecule has 9 atom stereocenters. The smallest absolute Gasteiger partial charge is 0.462 e. The van der Waals surface area contributed by atoms with Gasteiger partial charge < -0.3 is 49.7 Å². The minimum Gasteiger partial charge on any atom is -0.462 e. The molecule has 5 unspecified atom stereocenters. The van der Waals surface area contributed by atoms with Crippen molar-refractivity contribution in [1.82, 2.24) is 0 Å². The Bertz CT molecular complexity index is 1620. The molecule has 1 saturated carbocycles. The first-order valence-electron chi connectivity index (χ1n) is 23.2. The average molecular weight is 977 g/mol. The molecule has 8 N–H and O–H groups in total. The lowest BCUT2D eigenvalue weighted by atomic mass is 9.85. The number of esters is 2. The van der Waals surface area contributed by atoms with Crippen LogP contribution in [0.15, 0.2) is 85.1 Å². The molecule has 0 amide bonds. The molecule has 1 aliphatic carbocycles. The molecule has 0 aromatic carbocycles. The summed E-state index contributed by atoms with van der Waals surface area (Å²) in [5.41, 5.74) is 0. The molecule has 0 bridgehead atoms. The van der Waals surface area contributed by atoms with Crippen LogP contribution in [0, 0.1) is 0 Å². The number of carbonyl (C=O) groups is 2. The van der Waals surface area contributed by atoms with Gasteiger partial charge >= 0.3 is 27.6 Å². The van der Waals surface area contributed by atoms with E-state index < -0.39 is 89.6 Å². The molecule has 17 nitrogen and oxygen atoms in total. The SMILES string of the molecule is CC/C=C\C/C=C\C/C=C\CCCCCCCC(=O)OC[C@H](COP(=O)(O)O[C@H]1C(O)C(O)C(O)[C@@H](OP(=O)(O)O)C1O)OC(=O)CCC/C=C\C/C=C\C=C\[C@@H](O)C/C=C\CCCCC. The van der Waals surface area contributed by atoms with Crippen LogP contribution in [-0.2, 0) is 41.8 Å². The molecule has 378 valence electrons. The highest BCUT2D eigenvalue weighted by Gasteiger charge is 2.54. The Morgan fingerprint density at radius 1 is 0.576 bits per heavy atom. The summed E-state index contributed by atoms with van der Waals surface area (Å²) >= 11 is 0. The molecule has 1 fully saturated rings. The molecule has 66 heavy (non-hydrogen) atoms. The number of carbonyl (C=O) groups excluding carboxylic acids is 2. The van der Waals surface area contributed by atoms with Gasteiger partial charge in [-0.05, 0) is 77.0 Å². The molecule has 0 spiro atoms. The van der Waals surface area contributed by atoms with Gasteiger partial charge in [-0.2, -0.15) is 0 Å². The van der Waals surface area contributed by atoms with Crippen molar-refractivity contribution in [3.05, 3.63) is 85.1 Å². The predicted octanol–water partition coefficient (Wildman–Crippen LogP) is 7.58. The minimum absolute atomic E-state index is 0.0723. The first-order valence-corrected chi connectivity index (χ1v) is 26.3. The maximum absolute atomic E-state index is 13.0. The fourth-order valence-electron chi connectivity index (χ4n) is 6.41. The van der Waals surface area contributed by atoms with Crippen molar-refractivity contribution in [1.29, 1.82) is 0 Å². The fourth-order valence-corrected chi connectivity index (χ4v) is 7.95. The maximum atomic E-state index is 13.0. The number of ether oxygens (including phenoxy) is 2. The van der Waals surface area contributed by atoms with Crippen LogP contribution < -0.4 is 0 Å². The Kier molecular flexibility index (Phi) is 34.4. The third-order valence-electron chi connectivity index (χ3n) is 10.0. The molecular formula is C47H78O17P2. The second kappa shape index (κ2) is 37.1. The van der Waals surface area contributed by atoms with E-state index in [4.69, 9.17) is 28.3 Å². The second-order valence-electron chi connectivity index (χ2n) is 15.9. The van der Waals surface area contributed by atoms with Gasteiger partial charge in [0.15, 0.2) is 6.10 Å². The number of hydrogen-bond acceptors (Lipinski definition) is 14. The minimum atomic E-state index is -5.38. The largest absolute Gasteiger partial charge is 0.472 e. The van der Waals surface area contributed by atoms with Gasteiger partial charge in [-0.25, -0.2) is 9.13 Å². The monoisotopic (exact) mass is 976 g/mol. The van der Waals surface area contributed by atoms with Gasteiger partial charge in [-0.1, -0.05) is 131 Å². The highest BCUT2D eigenvalue weighted by molar-refractivity contribution is 7.47. The summed E-state index contributed by atoms with van der Waals surface area (Å²) in [5.74, 6) is -1.34. The van der Waals surface area contributed by atoms with E-state index in [0.717, 1.165) is 64.2 Å². The molecule has 1 aliphatic rings. The Balaban J connectivity index is 2.69. The van der Waals surface area contributed by atoms with Crippen LogP contribution in [0.25, 0.3) is 0 Å². The molecule has 0 aliphatic heterocycles. The van der Waals surface area contributed by atoms with Crippen molar-refractivity contribution in [3.8, 4) is 0 Å². The first-order chi connectivity index (χ1) is 31.5. The zero-order valence-electron chi connectivity index (χ0n) is 38.7. The molecule has 0 aromatic heterocycles. The van der Waals surface area contributed by atoms with E-state index in [-0.39, 0.29) is 12.8 Å². The number of aliphatic hydroxyl groups excluding tert-OH is 5. The van der Waals surface area contributed by atoms with Crippen LogP contribution in [0.1, 0.15) is 136 Å². The topological polar surface area (TPSA) is 276 Å². The lowest BCUT2D eigenvalue weighted by Crippen LogP contribution is -2.64. The molecular weight excluding hydrogens is 898 g/mol. The number of unbranched alkanes of at least 4 members (excludes halogenated alkanes) is 9. The van der Waals surface area contributed by atoms with Gasteiger partial charge in [0.25, 0.3) is 0 Å². The number of aliphatic hydroxyl groups is 5. The summed E-state index contributed by atoms with van der Waals surface area (Å²) in [6.45, 7) is 2.82. The summed E-state index contributed by atoms with van der Waals surface area (Å²) in [4.78, 5) is 54.2. The van der Waals surface area contributed by atoms with Crippen molar-refractivity contribution >= 4 is 27.6 Å². The van der Waals surface area contributed by atoms with Gasteiger partial charge in [-0.15, -0.1) is 0 Å². The zero-order valence-corrected chi connectivity index (χ0v) is 40.5. The highest BCUT2D eigenvalue weighted by Crippen LogP contribution is 2.49. The van der Waals surface area contributed by atoms with E-state index in [1.807, 2.05) is 30.4 Å². The third-order valence-corrected chi connectivity index (χ3v) is 11.5. The maximum Gasteiger partial charge on any atom is 0.472 e. The average Bonchev–Trinajstić information content (AvgIpc) is 3.27. The molecule has 0 saturated heterocycles. The number of phosphoric ester groups is 2. The lowest BCUT2D eigenvalue weighted by molar-refractivity contribution is -0.216. The van der Waals surface area contributed by atoms with Crippen LogP contribution in [0.5, 0.6) is 0 Å². The molecule has 0 heterocycles. The predicted molar refractivity (Wildman–Crippen MR) is 251 cm³/mol. The summed E-state index contributed by atoms with van der Waals surface area (Å²) in [7, 11) is -10.7. The van der Waals surface area contributed by atoms with Crippen LogP contribution in [0.2, 0.25) is 0 Å². The van der Waals surface area contributed by atoms with Crippen LogP contribution in [0.3, 0.4) is 0 Å². The van der Waals surface area contributed by atoms with Crippen molar-refractivity contribution in [3.63, 3.8) is 0 Å². The van der Waals surface area contributed by atoms with E-state index in [9.17, 15) is 49.1 Å². The Labute approximate surface area is 391 Å². The summed E-state index contributed by atoms with van der Waals surface area (Å²) < 4.78 is 49.2. The van der Waals surface area contributed by atoms with E-state index in [1.165, 1.54) is 12.8 Å². The standard InChI is InChI=1S/C47H78O17P2/c1-3-5-7-9-11-12-13-14-15-16-17-18-22-26-30-34-40(49)60-36-39(37-61-66(58,59)64-47-44(53)42(51)43(52)46(45(47)54)63-65(55,56)57)62-41(50)35-31-27-23-20-19-21-25-29-33-38(48)32-28-24-10-8-6-4-2/h5,7,11-12,14-15,20-21,23-25,28-29,33,38-39,42-48,51-54H,3-4,6,8-10,13,16-19,22,26-27,30-32,34-37H2,1-2H3,(H,58,59)(H2,55,56,57)/b7-5-,12-11-,15-14-,23-20-,25-21-,28-24-,33-29+/t38-,39+,42?,43?,44?,45?,46+,47-/m0/s1. The number of allylic oxidation sites excluding steroid dienone is 12. The number of hydrogen-bond donors (Lipinski definition) is 8. The van der Waals surface area contributed by atoms with E-state index in [1.54, 1.807) is 12.2 Å². The molecule has 0 radical (unpaired) electrons. The van der Waals surface area contributed by atoms with Gasteiger partial charge in [0.2, 0.25) is 0 Å². The van der Waals surface area contributed by atoms with Gasteiger partial charge in [0, 0.05) is 12.8 Å². The van der Waals surface area contributed by atoms with Crippen molar-refractivity contribution in [2.45, 2.75) is 185 Å².